The first-order chi connectivity index (χ1) is 8.93. The molecular formula is C13H24N2O3S. The summed E-state index contributed by atoms with van der Waals surface area (Å²) in [5.74, 6) is 0.609. The zero-order chi connectivity index (χ0) is 14.5. The SMILES string of the molecule is CCC(CC)(CC)NS(=O)(=O)c1ccc(CNC)o1. The predicted molar refractivity (Wildman–Crippen MR) is 75.4 cm³/mol. The zero-order valence-corrected chi connectivity index (χ0v) is 12.9. The third kappa shape index (κ3) is 3.81. The van der Waals surface area contributed by atoms with Gasteiger partial charge in [0.1, 0.15) is 5.76 Å². The van der Waals surface area contributed by atoms with E-state index in [1.54, 1.807) is 13.1 Å². The number of furan rings is 1. The summed E-state index contributed by atoms with van der Waals surface area (Å²) in [4.78, 5) is 0. The molecule has 1 aromatic heterocycles. The lowest BCUT2D eigenvalue weighted by molar-refractivity contribution is 0.333. The van der Waals surface area contributed by atoms with Crippen molar-refractivity contribution >= 4 is 10.0 Å². The fourth-order valence-electron chi connectivity index (χ4n) is 2.07. The van der Waals surface area contributed by atoms with Crippen molar-refractivity contribution in [1.82, 2.24) is 10.0 Å². The Kier molecular flexibility index (Phi) is 5.58. The first kappa shape index (κ1) is 16.2. The smallest absolute Gasteiger partial charge is 0.274 e. The second kappa shape index (κ2) is 6.54. The minimum Gasteiger partial charge on any atom is -0.447 e. The van der Waals surface area contributed by atoms with Crippen LogP contribution in [0.2, 0.25) is 0 Å². The standard InChI is InChI=1S/C13H24N2O3S/c1-5-13(6-2,7-3)15-19(16,17)12-9-8-11(18-12)10-14-4/h8-9,14-15H,5-7,10H2,1-4H3. The highest BCUT2D eigenvalue weighted by Crippen LogP contribution is 2.23. The van der Waals surface area contributed by atoms with Gasteiger partial charge in [-0.1, -0.05) is 20.8 Å². The molecule has 0 fully saturated rings. The van der Waals surface area contributed by atoms with Gasteiger partial charge in [0.2, 0.25) is 5.09 Å². The van der Waals surface area contributed by atoms with E-state index in [4.69, 9.17) is 4.42 Å². The van der Waals surface area contributed by atoms with Crippen LogP contribution in [0.15, 0.2) is 21.6 Å². The lowest BCUT2D eigenvalue weighted by Gasteiger charge is -2.30. The molecule has 6 heteroatoms. The van der Waals surface area contributed by atoms with Gasteiger partial charge in [-0.15, -0.1) is 0 Å². The van der Waals surface area contributed by atoms with Crippen LogP contribution < -0.4 is 10.0 Å². The average molecular weight is 288 g/mol. The Morgan fingerprint density at radius 1 is 1.16 bits per heavy atom. The molecule has 0 saturated carbocycles. The number of rotatable bonds is 8. The maximum absolute atomic E-state index is 12.3. The normalized spacial score (nSPS) is 12.8. The van der Waals surface area contributed by atoms with Crippen molar-refractivity contribution in [3.05, 3.63) is 17.9 Å². The van der Waals surface area contributed by atoms with E-state index in [2.05, 4.69) is 10.0 Å². The molecule has 0 bridgehead atoms. The van der Waals surface area contributed by atoms with Crippen molar-refractivity contribution < 1.29 is 12.8 Å². The van der Waals surface area contributed by atoms with Crippen LogP contribution in [0.25, 0.3) is 0 Å². The summed E-state index contributed by atoms with van der Waals surface area (Å²) in [5, 5.41) is 2.91. The van der Waals surface area contributed by atoms with E-state index in [1.165, 1.54) is 6.07 Å². The molecule has 19 heavy (non-hydrogen) atoms. The Bertz CT molecular complexity index is 481. The third-order valence-corrected chi connectivity index (χ3v) is 5.08. The molecule has 0 spiro atoms. The number of nitrogens with one attached hydrogen (secondary N) is 2. The summed E-state index contributed by atoms with van der Waals surface area (Å²) in [7, 11) is -1.81. The minimum atomic E-state index is -3.60. The summed E-state index contributed by atoms with van der Waals surface area (Å²) in [5.41, 5.74) is -0.394. The van der Waals surface area contributed by atoms with Crippen LogP contribution in [0.4, 0.5) is 0 Å². The van der Waals surface area contributed by atoms with E-state index in [0.717, 1.165) is 19.3 Å². The molecule has 1 rings (SSSR count). The highest BCUT2D eigenvalue weighted by atomic mass is 32.2. The number of hydrogen-bond donors (Lipinski definition) is 2. The van der Waals surface area contributed by atoms with Gasteiger partial charge in [0.15, 0.2) is 0 Å². The summed E-state index contributed by atoms with van der Waals surface area (Å²) in [6.45, 7) is 6.48. The van der Waals surface area contributed by atoms with Gasteiger partial charge in [-0.3, -0.25) is 0 Å². The fourth-order valence-corrected chi connectivity index (χ4v) is 3.64. The Morgan fingerprint density at radius 3 is 2.21 bits per heavy atom. The molecule has 5 nitrogen and oxygen atoms in total. The molecule has 0 aliphatic carbocycles. The first-order valence-electron chi connectivity index (χ1n) is 6.70. The van der Waals surface area contributed by atoms with Crippen molar-refractivity contribution in [2.45, 2.75) is 57.2 Å². The summed E-state index contributed by atoms with van der Waals surface area (Å²) < 4.78 is 32.8. The molecule has 0 atom stereocenters. The molecule has 2 N–H and O–H groups in total. The Balaban J connectivity index is 2.96. The zero-order valence-electron chi connectivity index (χ0n) is 12.1. The number of hydrogen-bond acceptors (Lipinski definition) is 4. The summed E-state index contributed by atoms with van der Waals surface area (Å²) in [6, 6.07) is 3.18. The molecule has 110 valence electrons. The molecule has 0 unspecified atom stereocenters. The van der Waals surface area contributed by atoms with Crippen LogP contribution in [0.1, 0.15) is 45.8 Å². The van der Waals surface area contributed by atoms with Gasteiger partial charge in [-0.25, -0.2) is 13.1 Å². The molecule has 1 aromatic rings. The van der Waals surface area contributed by atoms with Crippen molar-refractivity contribution in [1.29, 1.82) is 0 Å². The largest absolute Gasteiger partial charge is 0.447 e. The predicted octanol–water partition coefficient (Wildman–Crippen LogP) is 2.25. The minimum absolute atomic E-state index is 0.0162. The van der Waals surface area contributed by atoms with E-state index in [1.807, 2.05) is 20.8 Å². The van der Waals surface area contributed by atoms with E-state index >= 15 is 0 Å². The molecular weight excluding hydrogens is 264 g/mol. The van der Waals surface area contributed by atoms with Gasteiger partial charge in [0.05, 0.1) is 6.54 Å². The van der Waals surface area contributed by atoms with Crippen molar-refractivity contribution in [2.75, 3.05) is 7.05 Å². The van der Waals surface area contributed by atoms with E-state index in [-0.39, 0.29) is 5.09 Å². The van der Waals surface area contributed by atoms with E-state index in [9.17, 15) is 8.42 Å². The molecule has 0 saturated heterocycles. The molecule has 0 radical (unpaired) electrons. The van der Waals surface area contributed by atoms with Gasteiger partial charge < -0.3 is 9.73 Å². The number of sulfonamides is 1. The van der Waals surface area contributed by atoms with Gasteiger partial charge in [-0.2, -0.15) is 0 Å². The molecule has 0 aliphatic rings. The van der Waals surface area contributed by atoms with Crippen molar-refractivity contribution in [2.24, 2.45) is 0 Å². The highest BCUT2D eigenvalue weighted by molar-refractivity contribution is 7.89. The lowest BCUT2D eigenvalue weighted by Crippen LogP contribution is -2.46. The van der Waals surface area contributed by atoms with Gasteiger partial charge in [0.25, 0.3) is 10.0 Å². The average Bonchev–Trinajstić information content (AvgIpc) is 2.86. The second-order valence-corrected chi connectivity index (χ2v) is 6.31. The summed E-state index contributed by atoms with van der Waals surface area (Å²) >= 11 is 0. The Labute approximate surface area is 115 Å². The van der Waals surface area contributed by atoms with Crippen molar-refractivity contribution in [3.63, 3.8) is 0 Å². The molecule has 1 heterocycles. The van der Waals surface area contributed by atoms with E-state index < -0.39 is 15.6 Å². The summed E-state index contributed by atoms with van der Waals surface area (Å²) in [6.07, 6.45) is 2.26. The van der Waals surface area contributed by atoms with Crippen LogP contribution in [0.5, 0.6) is 0 Å². The van der Waals surface area contributed by atoms with E-state index in [0.29, 0.717) is 12.3 Å². The molecule has 0 aromatic carbocycles. The maximum Gasteiger partial charge on any atom is 0.274 e. The Hall–Kier alpha value is -0.850. The second-order valence-electron chi connectivity index (χ2n) is 4.70. The van der Waals surface area contributed by atoms with Crippen LogP contribution in [0, 0.1) is 0 Å². The lowest BCUT2D eigenvalue weighted by atomic mass is 9.91. The Morgan fingerprint density at radius 2 is 1.74 bits per heavy atom. The first-order valence-corrected chi connectivity index (χ1v) is 8.18. The van der Waals surface area contributed by atoms with Crippen LogP contribution in [0.3, 0.4) is 0 Å². The maximum atomic E-state index is 12.3. The molecule has 0 amide bonds. The van der Waals surface area contributed by atoms with Crippen LogP contribution in [-0.4, -0.2) is 21.0 Å². The van der Waals surface area contributed by atoms with Gasteiger partial charge in [-0.05, 0) is 38.4 Å². The molecule has 0 aliphatic heterocycles. The topological polar surface area (TPSA) is 71.3 Å². The van der Waals surface area contributed by atoms with Crippen LogP contribution >= 0.6 is 0 Å². The van der Waals surface area contributed by atoms with Crippen molar-refractivity contribution in [3.8, 4) is 0 Å². The van der Waals surface area contributed by atoms with Gasteiger partial charge >= 0.3 is 0 Å². The highest BCUT2D eigenvalue weighted by Gasteiger charge is 2.31. The van der Waals surface area contributed by atoms with Crippen LogP contribution in [-0.2, 0) is 16.6 Å². The monoisotopic (exact) mass is 288 g/mol. The quantitative estimate of drug-likeness (QED) is 0.769. The fraction of sp³-hybridized carbons (Fsp3) is 0.692. The van der Waals surface area contributed by atoms with Gasteiger partial charge in [0, 0.05) is 5.54 Å². The third-order valence-electron chi connectivity index (χ3n) is 3.63.